The number of carbonyl (C=O) groups is 1. The summed E-state index contributed by atoms with van der Waals surface area (Å²) in [5.74, 6) is 0.579. The van der Waals surface area contributed by atoms with E-state index in [1.165, 1.54) is 12.1 Å². The first-order valence-corrected chi connectivity index (χ1v) is 10.2. The average molecular weight is 508 g/mol. The van der Waals surface area contributed by atoms with Crippen LogP contribution in [0.4, 0.5) is 0 Å². The van der Waals surface area contributed by atoms with Crippen LogP contribution in [0.2, 0.25) is 15.1 Å². The SMILES string of the molecule is CCn1ncc(Br)c1CNC(=O)c1ccc(COc2c(Cl)cc(Cl)cc2Cl)o1. The maximum absolute atomic E-state index is 12.3. The van der Waals surface area contributed by atoms with Crippen LogP contribution < -0.4 is 10.1 Å². The van der Waals surface area contributed by atoms with E-state index in [4.69, 9.17) is 44.0 Å². The van der Waals surface area contributed by atoms with E-state index in [1.807, 2.05) is 6.92 Å². The van der Waals surface area contributed by atoms with Crippen LogP contribution in [0.3, 0.4) is 0 Å². The topological polar surface area (TPSA) is 69.3 Å². The highest BCUT2D eigenvalue weighted by atomic mass is 79.9. The zero-order chi connectivity index (χ0) is 20.3. The van der Waals surface area contributed by atoms with Crippen molar-refractivity contribution < 1.29 is 13.9 Å². The summed E-state index contributed by atoms with van der Waals surface area (Å²) >= 11 is 21.5. The van der Waals surface area contributed by atoms with Crippen molar-refractivity contribution in [1.29, 1.82) is 0 Å². The molecule has 0 fully saturated rings. The second-order valence-electron chi connectivity index (χ2n) is 5.69. The lowest BCUT2D eigenvalue weighted by Crippen LogP contribution is -2.24. The van der Waals surface area contributed by atoms with Gasteiger partial charge in [-0.05, 0) is 47.1 Å². The molecule has 1 amide bonds. The van der Waals surface area contributed by atoms with E-state index >= 15 is 0 Å². The number of hydrogen-bond acceptors (Lipinski definition) is 4. The van der Waals surface area contributed by atoms with Crippen molar-refractivity contribution in [2.75, 3.05) is 0 Å². The summed E-state index contributed by atoms with van der Waals surface area (Å²) in [6.45, 7) is 3.05. The fraction of sp³-hybridized carbons (Fsp3) is 0.222. The Balaban J connectivity index is 1.61. The van der Waals surface area contributed by atoms with Gasteiger partial charge in [0.25, 0.3) is 5.91 Å². The molecule has 6 nitrogen and oxygen atoms in total. The minimum atomic E-state index is -0.343. The highest BCUT2D eigenvalue weighted by molar-refractivity contribution is 9.10. The van der Waals surface area contributed by atoms with Gasteiger partial charge in [-0.2, -0.15) is 5.10 Å². The van der Waals surface area contributed by atoms with E-state index in [2.05, 4.69) is 26.3 Å². The third kappa shape index (κ3) is 4.84. The molecule has 0 aliphatic carbocycles. The van der Waals surface area contributed by atoms with Crippen LogP contribution in [0.15, 0.2) is 39.4 Å². The van der Waals surface area contributed by atoms with Crippen LogP contribution in [0.5, 0.6) is 5.75 Å². The molecule has 0 aliphatic heterocycles. The smallest absolute Gasteiger partial charge is 0.287 e. The third-order valence-corrected chi connectivity index (χ3v) is 5.26. The minimum Gasteiger partial charge on any atom is -0.483 e. The molecule has 0 unspecified atom stereocenters. The van der Waals surface area contributed by atoms with Crippen molar-refractivity contribution in [2.24, 2.45) is 0 Å². The first kappa shape index (κ1) is 21.0. The van der Waals surface area contributed by atoms with Gasteiger partial charge in [0.2, 0.25) is 0 Å². The van der Waals surface area contributed by atoms with Gasteiger partial charge in [-0.15, -0.1) is 0 Å². The average Bonchev–Trinajstić information content (AvgIpc) is 3.25. The summed E-state index contributed by atoms with van der Waals surface area (Å²) in [5, 5.41) is 8.01. The van der Waals surface area contributed by atoms with Gasteiger partial charge >= 0.3 is 0 Å². The van der Waals surface area contributed by atoms with Crippen molar-refractivity contribution >= 4 is 56.6 Å². The van der Waals surface area contributed by atoms with Crippen molar-refractivity contribution in [1.82, 2.24) is 15.1 Å². The van der Waals surface area contributed by atoms with Crippen LogP contribution in [0.1, 0.15) is 28.9 Å². The molecule has 0 saturated heterocycles. The molecule has 148 valence electrons. The molecule has 2 heterocycles. The highest BCUT2D eigenvalue weighted by Crippen LogP contribution is 2.36. The van der Waals surface area contributed by atoms with Crippen molar-refractivity contribution in [3.8, 4) is 5.75 Å². The van der Waals surface area contributed by atoms with Gasteiger partial charge in [-0.25, -0.2) is 0 Å². The number of benzene rings is 1. The standard InChI is InChI=1S/C18H15BrCl3N3O3/c1-2-25-15(12(19)7-24-25)8-23-18(26)16-4-3-11(28-16)9-27-17-13(21)5-10(20)6-14(17)22/h3-7H,2,8-9H2,1H3,(H,23,26). The van der Waals surface area contributed by atoms with Crippen LogP contribution >= 0.6 is 50.7 Å². The molecule has 3 aromatic rings. The highest BCUT2D eigenvalue weighted by Gasteiger charge is 2.15. The van der Waals surface area contributed by atoms with Gasteiger partial charge in [0.1, 0.15) is 12.4 Å². The number of aryl methyl sites for hydroxylation is 1. The Hall–Kier alpha value is -1.67. The summed E-state index contributed by atoms with van der Waals surface area (Å²) in [4.78, 5) is 12.3. The number of nitrogens with zero attached hydrogens (tertiary/aromatic N) is 2. The van der Waals surface area contributed by atoms with Crippen molar-refractivity contribution in [3.63, 3.8) is 0 Å². The van der Waals surface area contributed by atoms with Crippen LogP contribution in [0.25, 0.3) is 0 Å². The van der Waals surface area contributed by atoms with Crippen LogP contribution in [-0.4, -0.2) is 15.7 Å². The Kier molecular flexibility index (Phi) is 6.93. The molecule has 10 heteroatoms. The van der Waals surface area contributed by atoms with Crippen molar-refractivity contribution in [3.05, 3.63) is 67.2 Å². The Morgan fingerprint density at radius 2 is 2.00 bits per heavy atom. The zero-order valence-electron chi connectivity index (χ0n) is 14.6. The number of ether oxygens (including phenoxy) is 1. The van der Waals surface area contributed by atoms with E-state index in [9.17, 15) is 4.79 Å². The fourth-order valence-corrected chi connectivity index (χ4v) is 3.84. The molecule has 1 N–H and O–H groups in total. The van der Waals surface area contributed by atoms with Gasteiger partial charge in [0, 0.05) is 11.6 Å². The second-order valence-corrected chi connectivity index (χ2v) is 7.80. The molecule has 0 aliphatic rings. The maximum Gasteiger partial charge on any atom is 0.287 e. The zero-order valence-corrected chi connectivity index (χ0v) is 18.5. The third-order valence-electron chi connectivity index (χ3n) is 3.82. The number of furan rings is 1. The summed E-state index contributed by atoms with van der Waals surface area (Å²) < 4.78 is 13.8. The number of aromatic nitrogens is 2. The van der Waals surface area contributed by atoms with E-state index in [0.29, 0.717) is 39.7 Å². The number of carbonyl (C=O) groups excluding carboxylic acids is 1. The molecule has 0 radical (unpaired) electrons. The van der Waals surface area contributed by atoms with Crippen LogP contribution in [-0.2, 0) is 19.7 Å². The molecule has 28 heavy (non-hydrogen) atoms. The lowest BCUT2D eigenvalue weighted by Gasteiger charge is -2.09. The monoisotopic (exact) mass is 505 g/mol. The molecule has 0 bridgehead atoms. The minimum absolute atomic E-state index is 0.0580. The first-order valence-electron chi connectivity index (χ1n) is 8.23. The quantitative estimate of drug-likeness (QED) is 0.444. The summed E-state index contributed by atoms with van der Waals surface area (Å²) in [6, 6.07) is 6.29. The first-order chi connectivity index (χ1) is 13.4. The predicted octanol–water partition coefficient (Wildman–Crippen LogP) is 5.73. The Labute approximate surface area is 184 Å². The molecule has 1 aromatic carbocycles. The fourth-order valence-electron chi connectivity index (χ4n) is 2.47. The number of amides is 1. The van der Waals surface area contributed by atoms with Gasteiger partial charge in [0.05, 0.1) is 33.0 Å². The Morgan fingerprint density at radius 3 is 2.68 bits per heavy atom. The van der Waals surface area contributed by atoms with E-state index in [1.54, 1.807) is 23.0 Å². The molecular formula is C18H15BrCl3N3O3. The summed E-state index contributed by atoms with van der Waals surface area (Å²) in [6.07, 6.45) is 1.69. The second kappa shape index (κ2) is 9.22. The number of halogens is 4. The largest absolute Gasteiger partial charge is 0.483 e. The number of hydrogen-bond donors (Lipinski definition) is 1. The Bertz CT molecular complexity index is 980. The number of rotatable bonds is 7. The molecule has 0 saturated carbocycles. The maximum atomic E-state index is 12.3. The normalized spacial score (nSPS) is 10.9. The molecule has 3 rings (SSSR count). The molecular weight excluding hydrogens is 492 g/mol. The van der Waals surface area contributed by atoms with E-state index in [0.717, 1.165) is 10.2 Å². The van der Waals surface area contributed by atoms with Gasteiger partial charge in [0.15, 0.2) is 11.5 Å². The summed E-state index contributed by atoms with van der Waals surface area (Å²) in [7, 11) is 0. The lowest BCUT2D eigenvalue weighted by atomic mass is 10.3. The predicted molar refractivity (Wildman–Crippen MR) is 111 cm³/mol. The lowest BCUT2D eigenvalue weighted by molar-refractivity contribution is 0.0918. The van der Waals surface area contributed by atoms with Crippen LogP contribution in [0, 0.1) is 0 Å². The van der Waals surface area contributed by atoms with E-state index < -0.39 is 0 Å². The molecule has 2 aromatic heterocycles. The van der Waals surface area contributed by atoms with Gasteiger partial charge in [-0.1, -0.05) is 34.8 Å². The van der Waals surface area contributed by atoms with Gasteiger partial charge < -0.3 is 14.5 Å². The Morgan fingerprint density at radius 1 is 1.29 bits per heavy atom. The molecule has 0 spiro atoms. The number of nitrogens with one attached hydrogen (secondary N) is 1. The molecule has 0 atom stereocenters. The summed E-state index contributed by atoms with van der Waals surface area (Å²) in [5.41, 5.74) is 0.873. The van der Waals surface area contributed by atoms with Gasteiger partial charge in [-0.3, -0.25) is 9.48 Å². The van der Waals surface area contributed by atoms with E-state index in [-0.39, 0.29) is 18.3 Å². The van der Waals surface area contributed by atoms with Crippen molar-refractivity contribution in [2.45, 2.75) is 26.6 Å².